The predicted octanol–water partition coefficient (Wildman–Crippen LogP) is 3.11. The number of hydrogen-bond acceptors (Lipinski definition) is 3. The van der Waals surface area contributed by atoms with Gasteiger partial charge in [0.15, 0.2) is 0 Å². The number of carboxylic acid groups (broad SMARTS) is 1. The molecule has 0 amide bonds. The van der Waals surface area contributed by atoms with Crippen molar-refractivity contribution in [1.29, 1.82) is 0 Å². The zero-order valence-electron chi connectivity index (χ0n) is 11.2. The van der Waals surface area contributed by atoms with Crippen molar-refractivity contribution in [2.24, 2.45) is 0 Å². The number of carbonyl (C=O) groups is 1. The fourth-order valence-corrected chi connectivity index (χ4v) is 1.86. The van der Waals surface area contributed by atoms with E-state index in [0.29, 0.717) is 19.0 Å². The van der Waals surface area contributed by atoms with Crippen molar-refractivity contribution in [3.63, 3.8) is 0 Å². The van der Waals surface area contributed by atoms with Crippen molar-refractivity contribution in [2.75, 3.05) is 7.11 Å². The molecule has 4 heteroatoms. The molecule has 0 atom stereocenters. The first-order valence-corrected chi connectivity index (χ1v) is 6.22. The van der Waals surface area contributed by atoms with Gasteiger partial charge in [0.1, 0.15) is 11.3 Å². The Hall–Kier alpha value is -2.33. The molecule has 0 aliphatic heterocycles. The molecular formula is C16H16O4. The molecule has 0 saturated heterocycles. The molecule has 1 N–H and O–H groups in total. The zero-order chi connectivity index (χ0) is 14.4. The number of benzene rings is 2. The largest absolute Gasteiger partial charge is 0.496 e. The Kier molecular flexibility index (Phi) is 4.74. The summed E-state index contributed by atoms with van der Waals surface area (Å²) in [6.07, 6.45) is 0. The summed E-state index contributed by atoms with van der Waals surface area (Å²) in [5.74, 6) is -0.656. The summed E-state index contributed by atoms with van der Waals surface area (Å²) in [5.41, 5.74) is 2.13. The highest BCUT2D eigenvalue weighted by Gasteiger charge is 2.11. The molecule has 0 fully saturated rings. The maximum absolute atomic E-state index is 11.0. The summed E-state index contributed by atoms with van der Waals surface area (Å²) >= 11 is 0. The lowest BCUT2D eigenvalue weighted by Crippen LogP contribution is -2.02. The number of hydrogen-bond donors (Lipinski definition) is 1. The summed E-state index contributed by atoms with van der Waals surface area (Å²) in [6, 6.07) is 14.8. The molecule has 104 valence electrons. The Balaban J connectivity index is 1.98. The van der Waals surface area contributed by atoms with Crippen molar-refractivity contribution < 1.29 is 19.4 Å². The highest BCUT2D eigenvalue weighted by molar-refractivity contribution is 5.90. The smallest absolute Gasteiger partial charge is 0.339 e. The Morgan fingerprint density at radius 3 is 2.40 bits per heavy atom. The lowest BCUT2D eigenvalue weighted by Gasteiger charge is -2.08. The van der Waals surface area contributed by atoms with Gasteiger partial charge < -0.3 is 14.6 Å². The molecule has 2 rings (SSSR count). The van der Waals surface area contributed by atoms with Crippen LogP contribution < -0.4 is 4.74 Å². The van der Waals surface area contributed by atoms with Crippen molar-refractivity contribution >= 4 is 5.97 Å². The van der Waals surface area contributed by atoms with E-state index in [-0.39, 0.29) is 5.56 Å². The summed E-state index contributed by atoms with van der Waals surface area (Å²) in [7, 11) is 1.45. The zero-order valence-corrected chi connectivity index (χ0v) is 11.2. The summed E-state index contributed by atoms with van der Waals surface area (Å²) in [4.78, 5) is 11.0. The van der Waals surface area contributed by atoms with Gasteiger partial charge in [0.2, 0.25) is 0 Å². The summed E-state index contributed by atoms with van der Waals surface area (Å²) < 4.78 is 10.7. The van der Waals surface area contributed by atoms with Crippen LogP contribution in [0.4, 0.5) is 0 Å². The quantitative estimate of drug-likeness (QED) is 0.877. The van der Waals surface area contributed by atoms with Gasteiger partial charge in [0.05, 0.1) is 20.3 Å². The van der Waals surface area contributed by atoms with Gasteiger partial charge in [-0.15, -0.1) is 0 Å². The number of carboxylic acids is 1. The topological polar surface area (TPSA) is 55.8 Å². The Bertz CT molecular complexity index is 578. The molecule has 0 spiro atoms. The van der Waals surface area contributed by atoms with Crippen LogP contribution in [0.25, 0.3) is 0 Å². The van der Waals surface area contributed by atoms with Gasteiger partial charge in [-0.1, -0.05) is 36.4 Å². The van der Waals surface area contributed by atoms with E-state index >= 15 is 0 Å². The van der Waals surface area contributed by atoms with Gasteiger partial charge in [-0.25, -0.2) is 4.79 Å². The molecule has 0 heterocycles. The molecule has 2 aromatic carbocycles. The minimum atomic E-state index is -1.00. The van der Waals surface area contributed by atoms with Crippen molar-refractivity contribution in [3.8, 4) is 5.75 Å². The number of ether oxygens (including phenoxy) is 2. The van der Waals surface area contributed by atoms with Crippen LogP contribution in [0.1, 0.15) is 21.5 Å². The normalized spacial score (nSPS) is 10.2. The maximum atomic E-state index is 11.0. The van der Waals surface area contributed by atoms with E-state index in [2.05, 4.69) is 0 Å². The van der Waals surface area contributed by atoms with Crippen molar-refractivity contribution in [2.45, 2.75) is 13.2 Å². The molecule has 0 saturated carbocycles. The first-order chi connectivity index (χ1) is 9.70. The van der Waals surface area contributed by atoms with Crippen LogP contribution in [0.15, 0.2) is 48.5 Å². The molecule has 0 aliphatic carbocycles. The van der Waals surface area contributed by atoms with Gasteiger partial charge >= 0.3 is 5.97 Å². The van der Waals surface area contributed by atoms with E-state index in [0.717, 1.165) is 11.1 Å². The highest BCUT2D eigenvalue weighted by Crippen LogP contribution is 2.21. The lowest BCUT2D eigenvalue weighted by molar-refractivity contribution is 0.0693. The van der Waals surface area contributed by atoms with E-state index in [1.54, 1.807) is 12.1 Å². The van der Waals surface area contributed by atoms with Crippen molar-refractivity contribution in [1.82, 2.24) is 0 Å². The standard InChI is InChI=1S/C16H16O4/c1-19-15-9-13(7-8-14(15)16(17)18)11-20-10-12-5-3-2-4-6-12/h2-9H,10-11H2,1H3,(H,17,18). The van der Waals surface area contributed by atoms with E-state index in [4.69, 9.17) is 14.6 Å². The first kappa shape index (κ1) is 14.1. The van der Waals surface area contributed by atoms with Crippen LogP contribution >= 0.6 is 0 Å². The molecule has 0 unspecified atom stereocenters. The molecule has 4 nitrogen and oxygen atoms in total. The minimum Gasteiger partial charge on any atom is -0.496 e. The third-order valence-electron chi connectivity index (χ3n) is 2.88. The highest BCUT2D eigenvalue weighted by atomic mass is 16.5. The SMILES string of the molecule is COc1cc(COCc2ccccc2)ccc1C(=O)O. The molecule has 0 bridgehead atoms. The Morgan fingerprint density at radius 2 is 1.75 bits per heavy atom. The van der Waals surface area contributed by atoms with Crippen LogP contribution in [0, 0.1) is 0 Å². The predicted molar refractivity (Wildman–Crippen MR) is 74.9 cm³/mol. The van der Waals surface area contributed by atoms with Gasteiger partial charge in [0.25, 0.3) is 0 Å². The van der Waals surface area contributed by atoms with E-state index in [1.165, 1.54) is 13.2 Å². The molecule has 0 radical (unpaired) electrons. The average Bonchev–Trinajstić information content (AvgIpc) is 2.48. The Morgan fingerprint density at radius 1 is 1.05 bits per heavy atom. The molecule has 0 aliphatic rings. The third kappa shape index (κ3) is 3.59. The fourth-order valence-electron chi connectivity index (χ4n) is 1.86. The Labute approximate surface area is 117 Å². The summed E-state index contributed by atoms with van der Waals surface area (Å²) in [5, 5.41) is 9.00. The third-order valence-corrected chi connectivity index (χ3v) is 2.88. The van der Waals surface area contributed by atoms with E-state index < -0.39 is 5.97 Å². The van der Waals surface area contributed by atoms with Crippen LogP contribution in [0.5, 0.6) is 5.75 Å². The second kappa shape index (κ2) is 6.73. The molecule has 0 aromatic heterocycles. The van der Waals surface area contributed by atoms with E-state index in [1.807, 2.05) is 30.3 Å². The number of aromatic carboxylic acids is 1. The van der Waals surface area contributed by atoms with Crippen LogP contribution in [0.2, 0.25) is 0 Å². The number of rotatable bonds is 6. The monoisotopic (exact) mass is 272 g/mol. The summed E-state index contributed by atoms with van der Waals surface area (Å²) in [6.45, 7) is 0.926. The molecule has 20 heavy (non-hydrogen) atoms. The maximum Gasteiger partial charge on any atom is 0.339 e. The lowest BCUT2D eigenvalue weighted by atomic mass is 10.1. The van der Waals surface area contributed by atoms with Crippen LogP contribution in [0.3, 0.4) is 0 Å². The van der Waals surface area contributed by atoms with Gasteiger partial charge in [-0.3, -0.25) is 0 Å². The first-order valence-electron chi connectivity index (χ1n) is 6.22. The minimum absolute atomic E-state index is 0.152. The van der Waals surface area contributed by atoms with Crippen LogP contribution in [-0.4, -0.2) is 18.2 Å². The van der Waals surface area contributed by atoms with Gasteiger partial charge in [-0.2, -0.15) is 0 Å². The molecular weight excluding hydrogens is 256 g/mol. The van der Waals surface area contributed by atoms with Crippen LogP contribution in [-0.2, 0) is 18.0 Å². The van der Waals surface area contributed by atoms with E-state index in [9.17, 15) is 4.79 Å². The van der Waals surface area contributed by atoms with Crippen molar-refractivity contribution in [3.05, 3.63) is 65.2 Å². The second-order valence-electron chi connectivity index (χ2n) is 4.32. The molecule has 2 aromatic rings. The number of methoxy groups -OCH3 is 1. The average molecular weight is 272 g/mol. The second-order valence-corrected chi connectivity index (χ2v) is 4.32. The van der Waals surface area contributed by atoms with Gasteiger partial charge in [0, 0.05) is 0 Å². The fraction of sp³-hybridized carbons (Fsp3) is 0.188. The van der Waals surface area contributed by atoms with Gasteiger partial charge in [-0.05, 0) is 23.3 Å².